The van der Waals surface area contributed by atoms with Crippen LogP contribution in [0.1, 0.15) is 76.7 Å². The fraction of sp³-hybridized carbons (Fsp3) is 0.667. The molecule has 3 heteroatoms. The number of aromatic hydroxyl groups is 1. The van der Waals surface area contributed by atoms with Crippen molar-refractivity contribution in [3.63, 3.8) is 0 Å². The van der Waals surface area contributed by atoms with E-state index in [1.165, 1.54) is 64.2 Å². The first-order valence-electron chi connectivity index (χ1n) is 8.11. The molecule has 0 radical (unpaired) electrons. The molecule has 1 aromatic rings. The van der Waals surface area contributed by atoms with Crippen LogP contribution in [0.4, 0.5) is 0 Å². The molecule has 116 valence electrons. The van der Waals surface area contributed by atoms with Gasteiger partial charge in [-0.2, -0.15) is 0 Å². The zero-order chi connectivity index (χ0) is 13.8. The molecular formula is C18H31CaO2+. The Morgan fingerprint density at radius 1 is 0.762 bits per heavy atom. The Hall–Kier alpha value is 0.240. The van der Waals surface area contributed by atoms with Gasteiger partial charge in [-0.15, -0.1) is 0 Å². The Morgan fingerprint density at radius 2 is 1.24 bits per heavy atom. The smallest absolute Gasteiger partial charge is 0.870 e. The molecular weight excluding hydrogens is 288 g/mol. The quantitative estimate of drug-likeness (QED) is 0.444. The third kappa shape index (κ3) is 12.5. The molecule has 0 amide bonds. The first-order valence-corrected chi connectivity index (χ1v) is 8.11. The van der Waals surface area contributed by atoms with E-state index in [0.29, 0.717) is 5.75 Å². The van der Waals surface area contributed by atoms with Gasteiger partial charge in [-0.1, -0.05) is 82.9 Å². The van der Waals surface area contributed by atoms with Crippen molar-refractivity contribution < 1.29 is 10.6 Å². The predicted molar refractivity (Wildman–Crippen MR) is 91.3 cm³/mol. The van der Waals surface area contributed by atoms with Crippen molar-refractivity contribution in [3.8, 4) is 5.75 Å². The van der Waals surface area contributed by atoms with Crippen LogP contribution in [0.2, 0.25) is 0 Å². The van der Waals surface area contributed by atoms with Gasteiger partial charge in [0.1, 0.15) is 5.75 Å². The van der Waals surface area contributed by atoms with Crippen LogP contribution in [0.15, 0.2) is 24.3 Å². The monoisotopic (exact) mass is 319 g/mol. The number of benzene rings is 1. The summed E-state index contributed by atoms with van der Waals surface area (Å²) in [5.74, 6) is 0.457. The van der Waals surface area contributed by atoms with Gasteiger partial charge in [0.05, 0.1) is 0 Å². The Kier molecular flexibility index (Phi) is 18.6. The maximum Gasteiger partial charge on any atom is 2.00 e. The normalized spacial score (nSPS) is 9.76. The minimum Gasteiger partial charge on any atom is -0.870 e. The molecule has 0 unspecified atom stereocenters. The summed E-state index contributed by atoms with van der Waals surface area (Å²) in [6.07, 6.45) is 14.6. The van der Waals surface area contributed by atoms with Crippen molar-refractivity contribution >= 4 is 37.7 Å². The molecule has 0 saturated carbocycles. The molecule has 0 bridgehead atoms. The van der Waals surface area contributed by atoms with Crippen molar-refractivity contribution in [2.75, 3.05) is 0 Å². The third-order valence-corrected chi connectivity index (χ3v) is 3.79. The van der Waals surface area contributed by atoms with Gasteiger partial charge < -0.3 is 10.6 Å². The summed E-state index contributed by atoms with van der Waals surface area (Å²) in [5.41, 5.74) is 1.10. The van der Waals surface area contributed by atoms with Crippen LogP contribution < -0.4 is 0 Å². The molecule has 0 fully saturated rings. The maximum absolute atomic E-state index is 9.65. The molecule has 1 aromatic carbocycles. The Bertz CT molecular complexity index is 329. The van der Waals surface area contributed by atoms with Crippen molar-refractivity contribution in [3.05, 3.63) is 29.8 Å². The van der Waals surface area contributed by atoms with Gasteiger partial charge in [-0.05, 0) is 24.5 Å². The number of phenolic OH excluding ortho intramolecular Hbond substituents is 1. The zero-order valence-electron chi connectivity index (χ0n) is 13.7. The van der Waals surface area contributed by atoms with E-state index in [4.69, 9.17) is 0 Å². The maximum atomic E-state index is 9.65. The van der Waals surface area contributed by atoms with Gasteiger partial charge in [-0.25, -0.2) is 0 Å². The first kappa shape index (κ1) is 23.5. The molecule has 2 N–H and O–H groups in total. The molecule has 0 spiro atoms. The molecule has 21 heavy (non-hydrogen) atoms. The molecule has 0 heterocycles. The molecule has 0 saturated heterocycles. The number of aryl methyl sites for hydroxylation is 1. The molecule has 0 atom stereocenters. The molecule has 0 aromatic heterocycles. The van der Waals surface area contributed by atoms with Gasteiger partial charge in [-0.3, -0.25) is 0 Å². The minimum absolute atomic E-state index is 0. The van der Waals surface area contributed by atoms with E-state index in [1.807, 2.05) is 18.2 Å². The van der Waals surface area contributed by atoms with Crippen LogP contribution in [0.5, 0.6) is 5.75 Å². The van der Waals surface area contributed by atoms with Crippen LogP contribution in [-0.2, 0) is 6.42 Å². The Labute approximate surface area is 160 Å². The van der Waals surface area contributed by atoms with E-state index in [0.717, 1.165) is 12.0 Å². The fourth-order valence-corrected chi connectivity index (χ4v) is 2.53. The van der Waals surface area contributed by atoms with Crippen LogP contribution >= 0.6 is 0 Å². The van der Waals surface area contributed by atoms with Crippen LogP contribution in [0.25, 0.3) is 0 Å². The van der Waals surface area contributed by atoms with Gasteiger partial charge in [0.15, 0.2) is 0 Å². The van der Waals surface area contributed by atoms with Crippen LogP contribution in [0.3, 0.4) is 0 Å². The number of rotatable bonds is 11. The van der Waals surface area contributed by atoms with Crippen LogP contribution in [0, 0.1) is 0 Å². The SMILES string of the molecule is CCCCCCCCCCCCc1ccccc1O.[Ca+2].[OH-]. The zero-order valence-corrected chi connectivity index (χ0v) is 15.9. The predicted octanol–water partition coefficient (Wildman–Crippen LogP) is 5.30. The van der Waals surface area contributed by atoms with E-state index in [-0.39, 0.29) is 43.2 Å². The summed E-state index contributed by atoms with van der Waals surface area (Å²) in [6.45, 7) is 2.27. The van der Waals surface area contributed by atoms with E-state index in [1.54, 1.807) is 6.07 Å². The van der Waals surface area contributed by atoms with Crippen molar-refractivity contribution in [2.45, 2.75) is 77.6 Å². The number of hydrogen-bond donors (Lipinski definition) is 1. The van der Waals surface area contributed by atoms with Crippen molar-refractivity contribution in [1.82, 2.24) is 0 Å². The van der Waals surface area contributed by atoms with Crippen LogP contribution in [-0.4, -0.2) is 48.3 Å². The summed E-state index contributed by atoms with van der Waals surface area (Å²) in [7, 11) is 0. The van der Waals surface area contributed by atoms with E-state index >= 15 is 0 Å². The minimum atomic E-state index is 0. The second kappa shape index (κ2) is 16.6. The van der Waals surface area contributed by atoms with Crippen molar-refractivity contribution in [1.29, 1.82) is 0 Å². The van der Waals surface area contributed by atoms with E-state index in [2.05, 4.69) is 6.92 Å². The molecule has 2 nitrogen and oxygen atoms in total. The third-order valence-electron chi connectivity index (χ3n) is 3.79. The standard InChI is InChI=1S/C18H30O.Ca.H2O/c1-2-3-4-5-6-7-8-9-10-11-14-17-15-12-13-16-18(17)19;;/h12-13,15-16,19H,2-11,14H2,1H3;;1H2/q;+2;/p-1. The summed E-state index contributed by atoms with van der Waals surface area (Å²) in [6, 6.07) is 7.71. The number of phenols is 1. The Balaban J connectivity index is 0. The van der Waals surface area contributed by atoms with Gasteiger partial charge in [0, 0.05) is 0 Å². The molecule has 1 rings (SSSR count). The average molecular weight is 320 g/mol. The fourth-order valence-electron chi connectivity index (χ4n) is 2.53. The molecule has 0 aliphatic heterocycles. The molecule has 0 aliphatic rings. The van der Waals surface area contributed by atoms with Gasteiger partial charge >= 0.3 is 37.7 Å². The van der Waals surface area contributed by atoms with Crippen molar-refractivity contribution in [2.24, 2.45) is 0 Å². The van der Waals surface area contributed by atoms with E-state index < -0.39 is 0 Å². The van der Waals surface area contributed by atoms with Gasteiger partial charge in [0.25, 0.3) is 0 Å². The second-order valence-electron chi connectivity index (χ2n) is 5.56. The largest absolute Gasteiger partial charge is 2.00 e. The summed E-state index contributed by atoms with van der Waals surface area (Å²) in [5, 5.41) is 9.65. The summed E-state index contributed by atoms with van der Waals surface area (Å²) < 4.78 is 0. The van der Waals surface area contributed by atoms with Gasteiger partial charge in [0.2, 0.25) is 0 Å². The molecule has 0 aliphatic carbocycles. The second-order valence-corrected chi connectivity index (χ2v) is 5.56. The topological polar surface area (TPSA) is 50.2 Å². The number of hydrogen-bond acceptors (Lipinski definition) is 2. The number of para-hydroxylation sites is 1. The summed E-state index contributed by atoms with van der Waals surface area (Å²) in [4.78, 5) is 0. The summed E-state index contributed by atoms with van der Waals surface area (Å²) >= 11 is 0. The Morgan fingerprint density at radius 3 is 1.76 bits per heavy atom. The first-order chi connectivity index (χ1) is 9.34. The average Bonchev–Trinajstić information content (AvgIpc) is 2.43. The van der Waals surface area contributed by atoms with E-state index in [9.17, 15) is 5.11 Å². The number of unbranched alkanes of at least 4 members (excludes halogenated alkanes) is 9.